The first kappa shape index (κ1) is 14.7. The largest absolute Gasteiger partial charge is 0.312 e. The predicted molar refractivity (Wildman–Crippen MR) is 76.6 cm³/mol. The summed E-state index contributed by atoms with van der Waals surface area (Å²) in [6.45, 7) is 15.4. The molecule has 1 heterocycles. The van der Waals surface area contributed by atoms with Crippen molar-refractivity contribution in [2.45, 2.75) is 54.5 Å². The molecule has 1 N–H and O–H groups in total. The number of hydrogen-bond donors (Lipinski definition) is 1. The molecule has 0 radical (unpaired) electrons. The molecule has 0 saturated carbocycles. The van der Waals surface area contributed by atoms with Gasteiger partial charge in [-0.25, -0.2) is 4.98 Å². The molecular formula is C14H26N2S. The van der Waals surface area contributed by atoms with Crippen molar-refractivity contribution >= 4 is 11.3 Å². The first-order valence-electron chi connectivity index (χ1n) is 6.44. The van der Waals surface area contributed by atoms with Crippen molar-refractivity contribution in [3.8, 4) is 0 Å². The van der Waals surface area contributed by atoms with E-state index in [1.54, 1.807) is 0 Å². The van der Waals surface area contributed by atoms with Crippen molar-refractivity contribution in [1.82, 2.24) is 10.3 Å². The van der Waals surface area contributed by atoms with Crippen LogP contribution in [-0.4, -0.2) is 11.5 Å². The number of hydrogen-bond acceptors (Lipinski definition) is 3. The second-order valence-corrected chi connectivity index (χ2v) is 7.55. The van der Waals surface area contributed by atoms with E-state index in [2.05, 4.69) is 51.8 Å². The lowest BCUT2D eigenvalue weighted by Crippen LogP contribution is -2.18. The summed E-state index contributed by atoms with van der Waals surface area (Å²) in [5, 5.41) is 4.76. The molecule has 2 nitrogen and oxygen atoms in total. The maximum Gasteiger partial charge on any atom is 0.0936 e. The van der Waals surface area contributed by atoms with Crippen LogP contribution in [-0.2, 0) is 13.0 Å². The zero-order chi connectivity index (χ0) is 13.1. The van der Waals surface area contributed by atoms with Crippen LogP contribution in [0.4, 0.5) is 0 Å². The van der Waals surface area contributed by atoms with Gasteiger partial charge in [-0.15, -0.1) is 11.3 Å². The molecule has 1 aromatic rings. The van der Waals surface area contributed by atoms with Crippen LogP contribution >= 0.6 is 11.3 Å². The number of aryl methyl sites for hydroxylation is 1. The zero-order valence-electron chi connectivity index (χ0n) is 12.1. The van der Waals surface area contributed by atoms with Gasteiger partial charge in [0.1, 0.15) is 0 Å². The monoisotopic (exact) mass is 254 g/mol. The predicted octanol–water partition coefficient (Wildman–Crippen LogP) is 3.79. The Balaban J connectivity index is 2.56. The highest BCUT2D eigenvalue weighted by molar-refractivity contribution is 7.11. The molecule has 1 aromatic heterocycles. The van der Waals surface area contributed by atoms with E-state index in [9.17, 15) is 0 Å². The van der Waals surface area contributed by atoms with Crippen LogP contribution < -0.4 is 5.32 Å². The molecule has 1 rings (SSSR count). The van der Waals surface area contributed by atoms with E-state index < -0.39 is 0 Å². The zero-order valence-corrected chi connectivity index (χ0v) is 12.9. The fraction of sp³-hybridized carbons (Fsp3) is 0.786. The molecule has 0 saturated heterocycles. The van der Waals surface area contributed by atoms with Gasteiger partial charge >= 0.3 is 0 Å². The molecule has 0 aromatic carbocycles. The summed E-state index contributed by atoms with van der Waals surface area (Å²) in [4.78, 5) is 6.07. The minimum Gasteiger partial charge on any atom is -0.312 e. The smallest absolute Gasteiger partial charge is 0.0936 e. The number of nitrogens with zero attached hydrogens (tertiary/aromatic N) is 1. The Bertz CT molecular complexity index is 348. The van der Waals surface area contributed by atoms with Gasteiger partial charge in [-0.1, -0.05) is 34.6 Å². The Morgan fingerprint density at radius 2 is 1.94 bits per heavy atom. The van der Waals surface area contributed by atoms with E-state index in [-0.39, 0.29) is 0 Å². The van der Waals surface area contributed by atoms with Gasteiger partial charge in [0.25, 0.3) is 0 Å². The Labute approximate surface area is 110 Å². The topological polar surface area (TPSA) is 24.9 Å². The van der Waals surface area contributed by atoms with Crippen molar-refractivity contribution < 1.29 is 0 Å². The summed E-state index contributed by atoms with van der Waals surface area (Å²) in [6.07, 6.45) is 1.07. The molecule has 0 aliphatic heterocycles. The first-order chi connectivity index (χ1) is 7.78. The standard InChI is InChI=1S/C14H26N2S/c1-10(2)8-15-9-12-11(3)16-13(17-12)7-14(4,5)6/h10,15H,7-9H2,1-6H3. The summed E-state index contributed by atoms with van der Waals surface area (Å²) in [5.41, 5.74) is 1.53. The summed E-state index contributed by atoms with van der Waals surface area (Å²) >= 11 is 1.86. The highest BCUT2D eigenvalue weighted by Gasteiger charge is 2.15. The van der Waals surface area contributed by atoms with E-state index in [4.69, 9.17) is 0 Å². The van der Waals surface area contributed by atoms with Crippen LogP contribution in [0.3, 0.4) is 0 Å². The second kappa shape index (κ2) is 5.96. The van der Waals surface area contributed by atoms with E-state index in [1.165, 1.54) is 15.6 Å². The summed E-state index contributed by atoms with van der Waals surface area (Å²) < 4.78 is 0. The summed E-state index contributed by atoms with van der Waals surface area (Å²) in [7, 11) is 0. The van der Waals surface area contributed by atoms with Crippen molar-refractivity contribution in [2.75, 3.05) is 6.54 Å². The SMILES string of the molecule is Cc1nc(CC(C)(C)C)sc1CNCC(C)C. The van der Waals surface area contributed by atoms with Crippen LogP contribution in [0, 0.1) is 18.3 Å². The third-order valence-electron chi connectivity index (χ3n) is 2.46. The van der Waals surface area contributed by atoms with E-state index in [0.29, 0.717) is 11.3 Å². The van der Waals surface area contributed by atoms with E-state index in [1.807, 2.05) is 11.3 Å². The number of thiazole rings is 1. The Hall–Kier alpha value is -0.410. The molecule has 0 amide bonds. The third-order valence-corrected chi connectivity index (χ3v) is 3.61. The Morgan fingerprint density at radius 1 is 1.29 bits per heavy atom. The molecule has 98 valence electrons. The van der Waals surface area contributed by atoms with Gasteiger partial charge in [-0.2, -0.15) is 0 Å². The van der Waals surface area contributed by atoms with Crippen LogP contribution in [0.5, 0.6) is 0 Å². The highest BCUT2D eigenvalue weighted by Crippen LogP contribution is 2.25. The Morgan fingerprint density at radius 3 is 2.47 bits per heavy atom. The van der Waals surface area contributed by atoms with Gasteiger partial charge in [0.15, 0.2) is 0 Å². The molecule has 0 aliphatic rings. The Kier molecular flexibility index (Phi) is 5.14. The normalized spacial score (nSPS) is 12.4. The van der Waals surface area contributed by atoms with Gasteiger partial charge < -0.3 is 5.32 Å². The minimum absolute atomic E-state index is 0.326. The number of rotatable bonds is 5. The first-order valence-corrected chi connectivity index (χ1v) is 7.25. The van der Waals surface area contributed by atoms with Crippen LogP contribution in [0.25, 0.3) is 0 Å². The molecule has 17 heavy (non-hydrogen) atoms. The molecule has 0 bridgehead atoms. The lowest BCUT2D eigenvalue weighted by Gasteiger charge is -2.15. The third kappa shape index (κ3) is 5.64. The van der Waals surface area contributed by atoms with Crippen molar-refractivity contribution in [2.24, 2.45) is 11.3 Å². The number of aromatic nitrogens is 1. The van der Waals surface area contributed by atoms with Crippen LogP contribution in [0.2, 0.25) is 0 Å². The fourth-order valence-corrected chi connectivity index (χ4v) is 3.00. The average Bonchev–Trinajstić information content (AvgIpc) is 2.42. The van der Waals surface area contributed by atoms with Crippen molar-refractivity contribution in [3.63, 3.8) is 0 Å². The van der Waals surface area contributed by atoms with Gasteiger partial charge in [-0.3, -0.25) is 0 Å². The minimum atomic E-state index is 0.326. The lowest BCUT2D eigenvalue weighted by atomic mass is 9.93. The van der Waals surface area contributed by atoms with E-state index >= 15 is 0 Å². The molecular weight excluding hydrogens is 228 g/mol. The van der Waals surface area contributed by atoms with Crippen molar-refractivity contribution in [3.05, 3.63) is 15.6 Å². The molecule has 0 aliphatic carbocycles. The lowest BCUT2D eigenvalue weighted by molar-refractivity contribution is 0.410. The molecule has 3 heteroatoms. The summed E-state index contributed by atoms with van der Waals surface area (Å²) in [6, 6.07) is 0. The van der Waals surface area contributed by atoms with Crippen LogP contribution in [0.15, 0.2) is 0 Å². The quantitative estimate of drug-likeness (QED) is 0.865. The molecule has 0 spiro atoms. The van der Waals surface area contributed by atoms with Gasteiger partial charge in [0.05, 0.1) is 10.7 Å². The highest BCUT2D eigenvalue weighted by atomic mass is 32.1. The van der Waals surface area contributed by atoms with Gasteiger partial charge in [0, 0.05) is 17.8 Å². The number of nitrogens with one attached hydrogen (secondary N) is 1. The van der Waals surface area contributed by atoms with E-state index in [0.717, 1.165) is 19.5 Å². The molecule has 0 atom stereocenters. The van der Waals surface area contributed by atoms with Gasteiger partial charge in [0.2, 0.25) is 0 Å². The van der Waals surface area contributed by atoms with Crippen molar-refractivity contribution in [1.29, 1.82) is 0 Å². The van der Waals surface area contributed by atoms with Crippen LogP contribution in [0.1, 0.15) is 50.2 Å². The average molecular weight is 254 g/mol. The fourth-order valence-electron chi connectivity index (χ4n) is 1.66. The maximum absolute atomic E-state index is 4.67. The summed E-state index contributed by atoms with van der Waals surface area (Å²) in [5.74, 6) is 0.706. The van der Waals surface area contributed by atoms with Gasteiger partial charge in [-0.05, 0) is 24.8 Å². The molecule has 0 unspecified atom stereocenters. The molecule has 0 fully saturated rings. The maximum atomic E-state index is 4.67. The second-order valence-electron chi connectivity index (χ2n) is 6.38.